The Bertz CT molecular complexity index is 746. The highest BCUT2D eigenvalue weighted by Gasteiger charge is 2.22. The number of para-hydroxylation sites is 1. The zero-order valence-corrected chi connectivity index (χ0v) is 14.8. The van der Waals surface area contributed by atoms with Crippen LogP contribution >= 0.6 is 11.6 Å². The van der Waals surface area contributed by atoms with E-state index in [9.17, 15) is 4.79 Å². The SMILES string of the molecule is Cc1c(Cl)cc(C(N)C(=O)Oc2ccccc2)cc1N1CCOCC1. The van der Waals surface area contributed by atoms with Crippen molar-refractivity contribution in [2.75, 3.05) is 31.2 Å². The minimum Gasteiger partial charge on any atom is -0.425 e. The largest absolute Gasteiger partial charge is 0.425 e. The van der Waals surface area contributed by atoms with E-state index in [0.717, 1.165) is 24.3 Å². The van der Waals surface area contributed by atoms with Crippen molar-refractivity contribution in [3.05, 3.63) is 58.6 Å². The van der Waals surface area contributed by atoms with Gasteiger partial charge >= 0.3 is 5.97 Å². The molecule has 0 saturated carbocycles. The Morgan fingerprint density at radius 1 is 1.24 bits per heavy atom. The van der Waals surface area contributed by atoms with Crippen molar-refractivity contribution in [3.8, 4) is 5.75 Å². The number of nitrogens with two attached hydrogens (primary N) is 1. The molecule has 1 unspecified atom stereocenters. The standard InChI is InChI=1S/C19H21ClN2O3/c1-13-16(20)11-14(12-17(13)22-7-9-24-10-8-22)18(21)19(23)25-15-5-3-2-4-6-15/h2-6,11-12,18H,7-10,21H2,1H3. The second-order valence-corrected chi connectivity index (χ2v) is 6.37. The van der Waals surface area contributed by atoms with Crippen molar-refractivity contribution in [3.63, 3.8) is 0 Å². The maximum Gasteiger partial charge on any atom is 0.332 e. The first kappa shape index (κ1) is 17.7. The van der Waals surface area contributed by atoms with E-state index in [1.165, 1.54) is 0 Å². The van der Waals surface area contributed by atoms with Crippen molar-refractivity contribution in [1.29, 1.82) is 0 Å². The molecular formula is C19H21ClN2O3. The van der Waals surface area contributed by atoms with Crippen LogP contribution in [0.2, 0.25) is 5.02 Å². The number of ether oxygens (including phenoxy) is 2. The summed E-state index contributed by atoms with van der Waals surface area (Å²) in [5.41, 5.74) is 8.71. The lowest BCUT2D eigenvalue weighted by Gasteiger charge is -2.31. The molecule has 3 rings (SSSR count). The number of halogens is 1. The zero-order chi connectivity index (χ0) is 17.8. The van der Waals surface area contributed by atoms with E-state index < -0.39 is 12.0 Å². The molecule has 2 aromatic carbocycles. The third kappa shape index (κ3) is 4.12. The molecule has 0 radical (unpaired) electrons. The van der Waals surface area contributed by atoms with Gasteiger partial charge in [-0.1, -0.05) is 29.8 Å². The number of anilines is 1. The van der Waals surface area contributed by atoms with Crippen LogP contribution in [0.25, 0.3) is 0 Å². The van der Waals surface area contributed by atoms with Gasteiger partial charge in [0.1, 0.15) is 11.8 Å². The van der Waals surface area contributed by atoms with Crippen LogP contribution in [-0.2, 0) is 9.53 Å². The summed E-state index contributed by atoms with van der Waals surface area (Å²) >= 11 is 6.38. The van der Waals surface area contributed by atoms with Gasteiger partial charge in [-0.25, -0.2) is 4.79 Å². The number of carbonyl (C=O) groups excluding carboxylic acids is 1. The Labute approximate surface area is 152 Å². The Morgan fingerprint density at radius 3 is 2.60 bits per heavy atom. The summed E-state index contributed by atoms with van der Waals surface area (Å²) in [5, 5.41) is 0.585. The monoisotopic (exact) mass is 360 g/mol. The van der Waals surface area contributed by atoms with Gasteiger partial charge in [0.15, 0.2) is 0 Å². The van der Waals surface area contributed by atoms with Crippen molar-refractivity contribution in [1.82, 2.24) is 0 Å². The van der Waals surface area contributed by atoms with Gasteiger partial charge in [-0.05, 0) is 42.3 Å². The maximum atomic E-state index is 12.4. The molecular weight excluding hydrogens is 340 g/mol. The predicted molar refractivity (Wildman–Crippen MR) is 98.2 cm³/mol. The average Bonchev–Trinajstić information content (AvgIpc) is 2.64. The first-order valence-electron chi connectivity index (χ1n) is 8.21. The molecule has 5 nitrogen and oxygen atoms in total. The van der Waals surface area contributed by atoms with E-state index in [4.69, 9.17) is 26.8 Å². The summed E-state index contributed by atoms with van der Waals surface area (Å²) in [6, 6.07) is 11.6. The predicted octanol–water partition coefficient (Wildman–Crippen LogP) is 3.09. The van der Waals surface area contributed by atoms with Gasteiger partial charge in [0, 0.05) is 23.8 Å². The fraction of sp³-hybridized carbons (Fsp3) is 0.316. The number of benzene rings is 2. The van der Waals surface area contributed by atoms with Gasteiger partial charge in [-0.2, -0.15) is 0 Å². The molecule has 0 amide bonds. The highest BCUT2D eigenvalue weighted by Crippen LogP contribution is 2.31. The van der Waals surface area contributed by atoms with Crippen LogP contribution < -0.4 is 15.4 Å². The zero-order valence-electron chi connectivity index (χ0n) is 14.1. The first-order valence-corrected chi connectivity index (χ1v) is 8.59. The lowest BCUT2D eigenvalue weighted by molar-refractivity contribution is -0.136. The molecule has 1 atom stereocenters. The van der Waals surface area contributed by atoms with Crippen molar-refractivity contribution in [2.45, 2.75) is 13.0 Å². The molecule has 132 valence electrons. The molecule has 1 fully saturated rings. The van der Waals surface area contributed by atoms with E-state index in [-0.39, 0.29) is 0 Å². The topological polar surface area (TPSA) is 64.8 Å². The Morgan fingerprint density at radius 2 is 1.92 bits per heavy atom. The van der Waals surface area contributed by atoms with Crippen molar-refractivity contribution in [2.24, 2.45) is 5.73 Å². The van der Waals surface area contributed by atoms with Gasteiger partial charge in [0.2, 0.25) is 0 Å². The maximum absolute atomic E-state index is 12.4. The lowest BCUT2D eigenvalue weighted by atomic mass is 10.0. The second kappa shape index (κ2) is 7.87. The van der Waals surface area contributed by atoms with Crippen LogP contribution in [0.5, 0.6) is 5.75 Å². The third-order valence-electron chi connectivity index (χ3n) is 4.27. The highest BCUT2D eigenvalue weighted by molar-refractivity contribution is 6.31. The summed E-state index contributed by atoms with van der Waals surface area (Å²) in [6.45, 7) is 4.87. The minimum absolute atomic E-state index is 0.467. The molecule has 25 heavy (non-hydrogen) atoms. The normalized spacial score (nSPS) is 15.7. The summed E-state index contributed by atoms with van der Waals surface area (Å²) in [4.78, 5) is 14.6. The highest BCUT2D eigenvalue weighted by atomic mass is 35.5. The number of carbonyl (C=O) groups is 1. The van der Waals surface area contributed by atoms with Crippen LogP contribution in [-0.4, -0.2) is 32.3 Å². The van der Waals surface area contributed by atoms with Gasteiger partial charge in [-0.15, -0.1) is 0 Å². The van der Waals surface area contributed by atoms with Crippen molar-refractivity contribution < 1.29 is 14.3 Å². The molecule has 0 aromatic heterocycles. The number of hydrogen-bond acceptors (Lipinski definition) is 5. The van der Waals surface area contributed by atoms with E-state index in [2.05, 4.69) is 4.90 Å². The fourth-order valence-electron chi connectivity index (χ4n) is 2.80. The molecule has 1 saturated heterocycles. The van der Waals surface area contributed by atoms with Crippen LogP contribution in [0.3, 0.4) is 0 Å². The van der Waals surface area contributed by atoms with Gasteiger partial charge in [0.25, 0.3) is 0 Å². The number of nitrogens with zero attached hydrogens (tertiary/aromatic N) is 1. The molecule has 1 aliphatic heterocycles. The summed E-state index contributed by atoms with van der Waals surface area (Å²) in [5.74, 6) is -0.0476. The Hall–Kier alpha value is -2.08. The number of hydrogen-bond donors (Lipinski definition) is 1. The minimum atomic E-state index is -0.905. The van der Waals surface area contributed by atoms with Gasteiger partial charge in [0.05, 0.1) is 13.2 Å². The summed E-state index contributed by atoms with van der Waals surface area (Å²) in [6.07, 6.45) is 0. The van der Waals surface area contributed by atoms with Crippen molar-refractivity contribution >= 4 is 23.3 Å². The number of rotatable bonds is 4. The molecule has 2 N–H and O–H groups in total. The van der Waals surface area contributed by atoms with Gasteiger partial charge < -0.3 is 20.1 Å². The molecule has 0 spiro atoms. The summed E-state index contributed by atoms with van der Waals surface area (Å²) in [7, 11) is 0. The quantitative estimate of drug-likeness (QED) is 0.670. The molecule has 0 aliphatic carbocycles. The summed E-state index contributed by atoms with van der Waals surface area (Å²) < 4.78 is 10.7. The average molecular weight is 361 g/mol. The van der Waals surface area contributed by atoms with E-state index in [1.54, 1.807) is 30.3 Å². The third-order valence-corrected chi connectivity index (χ3v) is 4.66. The molecule has 1 heterocycles. The second-order valence-electron chi connectivity index (χ2n) is 5.96. The van der Waals surface area contributed by atoms with E-state index >= 15 is 0 Å². The molecule has 2 aromatic rings. The van der Waals surface area contributed by atoms with Gasteiger partial charge in [-0.3, -0.25) is 0 Å². The van der Waals surface area contributed by atoms with E-state index in [0.29, 0.717) is 29.5 Å². The smallest absolute Gasteiger partial charge is 0.332 e. The van der Waals surface area contributed by atoms with Crippen LogP contribution in [0, 0.1) is 6.92 Å². The first-order chi connectivity index (χ1) is 12.1. The van der Waals surface area contributed by atoms with E-state index in [1.807, 2.05) is 19.1 Å². The Kier molecular flexibility index (Phi) is 5.58. The molecule has 1 aliphatic rings. The number of esters is 1. The van der Waals surface area contributed by atoms with Crippen LogP contribution in [0.4, 0.5) is 5.69 Å². The van der Waals surface area contributed by atoms with Crippen LogP contribution in [0.1, 0.15) is 17.2 Å². The van der Waals surface area contributed by atoms with Crippen LogP contribution in [0.15, 0.2) is 42.5 Å². The lowest BCUT2D eigenvalue weighted by Crippen LogP contribution is -2.37. The molecule has 0 bridgehead atoms. The number of morpholine rings is 1. The molecule has 6 heteroatoms. The Balaban J connectivity index is 1.83. The fourth-order valence-corrected chi connectivity index (χ4v) is 3.02.